The number of halogens is 2. The van der Waals surface area contributed by atoms with Gasteiger partial charge in [0.2, 0.25) is 5.91 Å². The van der Waals surface area contributed by atoms with E-state index in [1.165, 1.54) is 23.5 Å². The highest BCUT2D eigenvalue weighted by Crippen LogP contribution is 2.26. The molecule has 0 saturated heterocycles. The molecular formula is C19H18ClFN2O3S2. The third kappa shape index (κ3) is 4.34. The summed E-state index contributed by atoms with van der Waals surface area (Å²) in [5.74, 6) is -1.09. The van der Waals surface area contributed by atoms with E-state index in [1.54, 1.807) is 0 Å². The lowest BCUT2D eigenvalue weighted by Crippen LogP contribution is -2.14. The van der Waals surface area contributed by atoms with Crippen molar-refractivity contribution in [1.82, 2.24) is 4.57 Å². The number of nitrogens with zero attached hydrogens (tertiary/aromatic N) is 2. The molecule has 0 aliphatic rings. The second-order valence-electron chi connectivity index (χ2n) is 6.34. The van der Waals surface area contributed by atoms with Gasteiger partial charge in [-0.15, -0.1) is 0 Å². The van der Waals surface area contributed by atoms with Gasteiger partial charge in [0.1, 0.15) is 5.82 Å². The van der Waals surface area contributed by atoms with Crippen LogP contribution in [0, 0.1) is 12.7 Å². The fraction of sp³-hybridized carbons (Fsp3) is 0.263. The van der Waals surface area contributed by atoms with Crippen molar-refractivity contribution in [2.24, 2.45) is 12.0 Å². The molecule has 1 heterocycles. The normalized spacial score (nSPS) is 12.6. The molecule has 5 nitrogen and oxygen atoms in total. The third-order valence-corrected chi connectivity index (χ3v) is 7.67. The Kier molecular flexibility index (Phi) is 6.02. The molecule has 0 aliphatic carbocycles. The van der Waals surface area contributed by atoms with E-state index < -0.39 is 15.7 Å². The molecule has 0 N–H and O–H groups in total. The second-order valence-corrected chi connectivity index (χ2v) is 9.87. The van der Waals surface area contributed by atoms with Crippen LogP contribution in [0.25, 0.3) is 10.2 Å². The average Bonchev–Trinajstić information content (AvgIpc) is 2.95. The zero-order valence-corrected chi connectivity index (χ0v) is 17.7. The number of aromatic nitrogens is 1. The van der Waals surface area contributed by atoms with Crippen LogP contribution in [-0.4, -0.2) is 24.6 Å². The number of carbonyl (C=O) groups is 1. The van der Waals surface area contributed by atoms with Crippen molar-refractivity contribution in [3.63, 3.8) is 0 Å². The molecule has 0 radical (unpaired) electrons. The SMILES string of the molecule is Cc1c(Cl)ccc2sc(=NC(=O)CCCS(=O)(=O)c3ccc(F)cc3)n(C)c12. The first-order valence-electron chi connectivity index (χ1n) is 8.49. The number of hydrogen-bond acceptors (Lipinski definition) is 4. The number of amides is 1. The zero-order chi connectivity index (χ0) is 20.5. The van der Waals surface area contributed by atoms with Crippen LogP contribution < -0.4 is 4.80 Å². The van der Waals surface area contributed by atoms with E-state index in [1.807, 2.05) is 30.7 Å². The van der Waals surface area contributed by atoms with Gasteiger partial charge in [-0.05, 0) is 55.3 Å². The molecule has 2 aromatic carbocycles. The highest BCUT2D eigenvalue weighted by Gasteiger charge is 2.15. The van der Waals surface area contributed by atoms with Crippen LogP contribution >= 0.6 is 22.9 Å². The molecular weight excluding hydrogens is 423 g/mol. The molecule has 0 aliphatic heterocycles. The topological polar surface area (TPSA) is 68.5 Å². The number of rotatable bonds is 5. The van der Waals surface area contributed by atoms with Gasteiger partial charge in [0.25, 0.3) is 0 Å². The van der Waals surface area contributed by atoms with Gasteiger partial charge in [-0.25, -0.2) is 12.8 Å². The van der Waals surface area contributed by atoms with E-state index in [-0.39, 0.29) is 29.4 Å². The lowest BCUT2D eigenvalue weighted by Gasteiger charge is -2.03. The van der Waals surface area contributed by atoms with Gasteiger partial charge in [0, 0.05) is 18.5 Å². The fourth-order valence-electron chi connectivity index (χ4n) is 2.85. The van der Waals surface area contributed by atoms with E-state index in [2.05, 4.69) is 4.99 Å². The Bertz CT molecular complexity index is 1210. The Labute approximate surface area is 171 Å². The van der Waals surface area contributed by atoms with Crippen LogP contribution in [0.5, 0.6) is 0 Å². The summed E-state index contributed by atoms with van der Waals surface area (Å²) in [6.45, 7) is 1.91. The minimum atomic E-state index is -3.56. The average molecular weight is 441 g/mol. The van der Waals surface area contributed by atoms with Gasteiger partial charge in [-0.3, -0.25) is 4.79 Å². The largest absolute Gasteiger partial charge is 0.319 e. The van der Waals surface area contributed by atoms with E-state index in [0.717, 1.165) is 27.9 Å². The lowest BCUT2D eigenvalue weighted by atomic mass is 10.2. The summed E-state index contributed by atoms with van der Waals surface area (Å²) in [5.41, 5.74) is 1.83. The first kappa shape index (κ1) is 20.7. The first-order chi connectivity index (χ1) is 13.2. The van der Waals surface area contributed by atoms with Crippen molar-refractivity contribution in [1.29, 1.82) is 0 Å². The summed E-state index contributed by atoms with van der Waals surface area (Å²) >= 11 is 7.54. The summed E-state index contributed by atoms with van der Waals surface area (Å²) in [7, 11) is -1.75. The number of sulfone groups is 1. The van der Waals surface area contributed by atoms with Crippen LogP contribution in [0.3, 0.4) is 0 Å². The molecule has 0 saturated carbocycles. The smallest absolute Gasteiger partial charge is 0.248 e. The minimum absolute atomic E-state index is 0.00834. The van der Waals surface area contributed by atoms with Gasteiger partial charge in [-0.1, -0.05) is 22.9 Å². The Morgan fingerprint density at radius 1 is 1.21 bits per heavy atom. The van der Waals surface area contributed by atoms with Gasteiger partial charge in [-0.2, -0.15) is 4.99 Å². The van der Waals surface area contributed by atoms with Crippen molar-refractivity contribution in [2.45, 2.75) is 24.7 Å². The zero-order valence-electron chi connectivity index (χ0n) is 15.3. The molecule has 3 rings (SSSR count). The quantitative estimate of drug-likeness (QED) is 0.562. The molecule has 9 heteroatoms. The van der Waals surface area contributed by atoms with Gasteiger partial charge in [0.05, 0.1) is 20.9 Å². The summed E-state index contributed by atoms with van der Waals surface area (Å²) in [6, 6.07) is 8.34. The number of aryl methyl sites for hydroxylation is 2. The number of benzene rings is 2. The van der Waals surface area contributed by atoms with Crippen molar-refractivity contribution in [3.05, 3.63) is 57.6 Å². The number of thiazole rings is 1. The molecule has 148 valence electrons. The van der Waals surface area contributed by atoms with E-state index in [4.69, 9.17) is 11.6 Å². The highest BCUT2D eigenvalue weighted by atomic mass is 35.5. The van der Waals surface area contributed by atoms with Crippen LogP contribution in [0.15, 0.2) is 46.3 Å². The molecule has 3 aromatic rings. The second kappa shape index (κ2) is 8.14. The van der Waals surface area contributed by atoms with Gasteiger partial charge < -0.3 is 4.57 Å². The Morgan fingerprint density at radius 3 is 2.57 bits per heavy atom. The molecule has 0 fully saturated rings. The maximum absolute atomic E-state index is 12.9. The monoisotopic (exact) mass is 440 g/mol. The molecule has 1 amide bonds. The summed E-state index contributed by atoms with van der Waals surface area (Å²) in [4.78, 5) is 16.9. The highest BCUT2D eigenvalue weighted by molar-refractivity contribution is 7.91. The van der Waals surface area contributed by atoms with E-state index >= 15 is 0 Å². The molecule has 0 unspecified atom stereocenters. The number of hydrogen-bond donors (Lipinski definition) is 0. The number of carbonyl (C=O) groups excluding carboxylic acids is 1. The Hall–Kier alpha value is -2.03. The minimum Gasteiger partial charge on any atom is -0.319 e. The maximum atomic E-state index is 12.9. The van der Waals surface area contributed by atoms with Crippen molar-refractivity contribution in [2.75, 3.05) is 5.75 Å². The predicted molar refractivity (Wildman–Crippen MR) is 109 cm³/mol. The van der Waals surface area contributed by atoms with Gasteiger partial charge >= 0.3 is 0 Å². The van der Waals surface area contributed by atoms with Crippen molar-refractivity contribution in [3.8, 4) is 0 Å². The molecule has 0 bridgehead atoms. The van der Waals surface area contributed by atoms with Crippen LogP contribution in [0.1, 0.15) is 18.4 Å². The van der Waals surface area contributed by atoms with Crippen molar-refractivity contribution < 1.29 is 17.6 Å². The van der Waals surface area contributed by atoms with Crippen LogP contribution in [0.4, 0.5) is 4.39 Å². The van der Waals surface area contributed by atoms with Gasteiger partial charge in [0.15, 0.2) is 14.6 Å². The van der Waals surface area contributed by atoms with E-state index in [9.17, 15) is 17.6 Å². The lowest BCUT2D eigenvalue weighted by molar-refractivity contribution is -0.118. The Balaban J connectivity index is 1.72. The summed E-state index contributed by atoms with van der Waals surface area (Å²) < 4.78 is 40.2. The summed E-state index contributed by atoms with van der Waals surface area (Å²) in [6.07, 6.45) is 0.149. The number of fused-ring (bicyclic) bond motifs is 1. The predicted octanol–water partition coefficient (Wildman–Crippen LogP) is 4.02. The summed E-state index contributed by atoms with van der Waals surface area (Å²) in [5, 5.41) is 0.643. The Morgan fingerprint density at radius 2 is 1.89 bits per heavy atom. The first-order valence-corrected chi connectivity index (χ1v) is 11.3. The molecule has 1 aromatic heterocycles. The molecule has 0 atom stereocenters. The maximum Gasteiger partial charge on any atom is 0.248 e. The van der Waals surface area contributed by atoms with Crippen molar-refractivity contribution >= 4 is 48.9 Å². The third-order valence-electron chi connectivity index (χ3n) is 4.35. The fourth-order valence-corrected chi connectivity index (χ4v) is 5.40. The van der Waals surface area contributed by atoms with E-state index in [0.29, 0.717) is 9.82 Å². The molecule has 28 heavy (non-hydrogen) atoms. The molecule has 0 spiro atoms. The van der Waals surface area contributed by atoms with Crippen LogP contribution in [-0.2, 0) is 21.7 Å². The van der Waals surface area contributed by atoms with Crippen LogP contribution in [0.2, 0.25) is 5.02 Å². The standard InChI is InChI=1S/C19H18ClFN2O3S2/c1-12-15(20)9-10-16-18(12)23(2)19(27-16)22-17(24)4-3-11-28(25,26)14-7-5-13(21)6-8-14/h5-10H,3-4,11H2,1-2H3.